The third-order valence-electron chi connectivity index (χ3n) is 2.95. The van der Waals surface area contributed by atoms with E-state index in [4.69, 9.17) is 10.5 Å². The van der Waals surface area contributed by atoms with Crippen molar-refractivity contribution in [2.24, 2.45) is 0 Å². The zero-order valence-corrected chi connectivity index (χ0v) is 9.28. The number of aromatic nitrogens is 2. The van der Waals surface area contributed by atoms with Crippen LogP contribution in [0.3, 0.4) is 0 Å². The standard InChI is InChI=1S/C10H15F2N3O/c1-10(11,12)8-5-9(13)14-15(8)6-3-7(4-6)16-2/h5-7H,3-4H2,1-2H3,(H2,13,14)/t6-,7+. The fourth-order valence-electron chi connectivity index (χ4n) is 1.95. The van der Waals surface area contributed by atoms with Gasteiger partial charge in [-0.1, -0.05) is 0 Å². The van der Waals surface area contributed by atoms with Gasteiger partial charge in [-0.15, -0.1) is 0 Å². The zero-order chi connectivity index (χ0) is 11.9. The Morgan fingerprint density at radius 3 is 2.69 bits per heavy atom. The minimum absolute atomic E-state index is 0.0249. The first-order valence-electron chi connectivity index (χ1n) is 5.18. The third-order valence-corrected chi connectivity index (χ3v) is 2.95. The number of methoxy groups -OCH3 is 1. The lowest BCUT2D eigenvalue weighted by atomic mass is 9.89. The minimum Gasteiger partial charge on any atom is -0.382 e. The van der Waals surface area contributed by atoms with Gasteiger partial charge >= 0.3 is 0 Å². The summed E-state index contributed by atoms with van der Waals surface area (Å²) < 4.78 is 33.0. The molecule has 1 aliphatic rings. The van der Waals surface area contributed by atoms with Gasteiger partial charge < -0.3 is 10.5 Å². The van der Waals surface area contributed by atoms with Crippen molar-refractivity contribution in [3.8, 4) is 0 Å². The Bertz CT molecular complexity index is 380. The fourth-order valence-corrected chi connectivity index (χ4v) is 1.95. The van der Waals surface area contributed by atoms with Crippen LogP contribution in [0.15, 0.2) is 6.07 Å². The average molecular weight is 231 g/mol. The molecule has 2 N–H and O–H groups in total. The van der Waals surface area contributed by atoms with Gasteiger partial charge in [-0.25, -0.2) is 0 Å². The summed E-state index contributed by atoms with van der Waals surface area (Å²) in [5.74, 6) is -2.78. The molecule has 1 aromatic heterocycles. The van der Waals surface area contributed by atoms with E-state index < -0.39 is 5.92 Å². The summed E-state index contributed by atoms with van der Waals surface area (Å²) in [6.07, 6.45) is 1.57. The topological polar surface area (TPSA) is 53.1 Å². The first kappa shape index (κ1) is 11.3. The van der Waals surface area contributed by atoms with E-state index in [1.165, 1.54) is 10.7 Å². The monoisotopic (exact) mass is 231 g/mol. The van der Waals surface area contributed by atoms with Crippen molar-refractivity contribution < 1.29 is 13.5 Å². The summed E-state index contributed by atoms with van der Waals surface area (Å²) >= 11 is 0. The number of halogens is 2. The van der Waals surface area contributed by atoms with Crippen LogP contribution in [0.4, 0.5) is 14.6 Å². The number of hydrogen-bond acceptors (Lipinski definition) is 3. The molecule has 0 amide bonds. The Balaban J connectivity index is 2.22. The van der Waals surface area contributed by atoms with Crippen LogP contribution in [0.1, 0.15) is 31.5 Å². The highest BCUT2D eigenvalue weighted by Gasteiger charge is 2.37. The molecule has 16 heavy (non-hydrogen) atoms. The summed E-state index contributed by atoms with van der Waals surface area (Å²) in [5, 5.41) is 3.93. The lowest BCUT2D eigenvalue weighted by molar-refractivity contribution is -0.0202. The van der Waals surface area contributed by atoms with Gasteiger partial charge in [0.15, 0.2) is 0 Å². The van der Waals surface area contributed by atoms with Crippen molar-refractivity contribution in [1.29, 1.82) is 0 Å². The van der Waals surface area contributed by atoms with Gasteiger partial charge in [-0.3, -0.25) is 4.68 Å². The van der Waals surface area contributed by atoms with Crippen molar-refractivity contribution in [3.63, 3.8) is 0 Å². The van der Waals surface area contributed by atoms with Crippen LogP contribution in [0.25, 0.3) is 0 Å². The van der Waals surface area contributed by atoms with E-state index in [1.807, 2.05) is 0 Å². The number of ether oxygens (including phenoxy) is 1. The minimum atomic E-state index is -2.91. The normalized spacial score (nSPS) is 25.5. The Hall–Kier alpha value is -1.17. The maximum Gasteiger partial charge on any atom is 0.286 e. The van der Waals surface area contributed by atoms with Crippen molar-refractivity contribution >= 4 is 5.82 Å². The van der Waals surface area contributed by atoms with E-state index >= 15 is 0 Å². The van der Waals surface area contributed by atoms with Crippen LogP contribution in [-0.4, -0.2) is 23.0 Å². The van der Waals surface area contributed by atoms with Crippen LogP contribution in [-0.2, 0) is 10.7 Å². The molecule has 0 spiro atoms. The molecule has 2 rings (SSSR count). The predicted molar refractivity (Wildman–Crippen MR) is 55.3 cm³/mol. The molecular formula is C10H15F2N3O. The van der Waals surface area contributed by atoms with Gasteiger partial charge in [0.2, 0.25) is 0 Å². The number of anilines is 1. The first-order chi connectivity index (χ1) is 7.41. The predicted octanol–water partition coefficient (Wildman–Crippen LogP) is 1.93. The number of nitrogens with zero attached hydrogens (tertiary/aromatic N) is 2. The highest BCUT2D eigenvalue weighted by Crippen LogP contribution is 2.38. The molecule has 0 atom stereocenters. The smallest absolute Gasteiger partial charge is 0.286 e. The Morgan fingerprint density at radius 1 is 1.56 bits per heavy atom. The molecule has 1 saturated carbocycles. The quantitative estimate of drug-likeness (QED) is 0.864. The molecule has 0 radical (unpaired) electrons. The van der Waals surface area contributed by atoms with E-state index in [1.54, 1.807) is 7.11 Å². The average Bonchev–Trinajstić information content (AvgIpc) is 2.45. The van der Waals surface area contributed by atoms with E-state index in [0.717, 1.165) is 6.92 Å². The van der Waals surface area contributed by atoms with Gasteiger partial charge in [0, 0.05) is 20.1 Å². The molecule has 1 aromatic rings. The van der Waals surface area contributed by atoms with Gasteiger partial charge in [-0.2, -0.15) is 13.9 Å². The SMILES string of the molecule is CO[C@H]1C[C@@H](n2nc(N)cc2C(C)(F)F)C1. The maximum absolute atomic E-state index is 13.3. The van der Waals surface area contributed by atoms with Crippen molar-refractivity contribution in [3.05, 3.63) is 11.8 Å². The Labute approximate surface area is 92.4 Å². The van der Waals surface area contributed by atoms with Gasteiger partial charge in [0.1, 0.15) is 11.5 Å². The third kappa shape index (κ3) is 1.89. The number of rotatable bonds is 3. The van der Waals surface area contributed by atoms with Crippen LogP contribution in [0, 0.1) is 0 Å². The van der Waals surface area contributed by atoms with Crippen LogP contribution >= 0.6 is 0 Å². The summed E-state index contributed by atoms with van der Waals surface area (Å²) in [7, 11) is 1.62. The second kappa shape index (κ2) is 3.69. The lowest BCUT2D eigenvalue weighted by Crippen LogP contribution is -2.35. The largest absolute Gasteiger partial charge is 0.382 e. The van der Waals surface area contributed by atoms with Gasteiger partial charge in [0.25, 0.3) is 5.92 Å². The van der Waals surface area contributed by atoms with Crippen LogP contribution in [0.5, 0.6) is 0 Å². The van der Waals surface area contributed by atoms with Gasteiger partial charge in [0.05, 0.1) is 12.1 Å². The molecule has 4 nitrogen and oxygen atoms in total. The lowest BCUT2D eigenvalue weighted by Gasteiger charge is -2.35. The Morgan fingerprint density at radius 2 is 2.19 bits per heavy atom. The summed E-state index contributed by atoms with van der Waals surface area (Å²) in [4.78, 5) is 0. The van der Waals surface area contributed by atoms with Crippen molar-refractivity contribution in [1.82, 2.24) is 9.78 Å². The van der Waals surface area contributed by atoms with Crippen LogP contribution < -0.4 is 5.73 Å². The van der Waals surface area contributed by atoms with E-state index in [0.29, 0.717) is 12.8 Å². The van der Waals surface area contributed by atoms with E-state index in [9.17, 15) is 8.78 Å². The fraction of sp³-hybridized carbons (Fsp3) is 0.700. The molecule has 1 heterocycles. The maximum atomic E-state index is 13.3. The molecular weight excluding hydrogens is 216 g/mol. The molecule has 0 unspecified atom stereocenters. The highest BCUT2D eigenvalue weighted by atomic mass is 19.3. The highest BCUT2D eigenvalue weighted by molar-refractivity contribution is 5.32. The molecule has 0 aromatic carbocycles. The second-order valence-corrected chi connectivity index (χ2v) is 4.27. The number of hydrogen-bond donors (Lipinski definition) is 1. The Kier molecular flexibility index (Phi) is 2.61. The molecule has 0 aliphatic heterocycles. The molecule has 0 saturated heterocycles. The van der Waals surface area contributed by atoms with Crippen molar-refractivity contribution in [2.75, 3.05) is 12.8 Å². The number of nitrogens with two attached hydrogens (primary N) is 1. The first-order valence-corrected chi connectivity index (χ1v) is 5.18. The zero-order valence-electron chi connectivity index (χ0n) is 9.28. The van der Waals surface area contributed by atoms with Crippen molar-refractivity contribution in [2.45, 2.75) is 37.8 Å². The van der Waals surface area contributed by atoms with E-state index in [-0.39, 0.29) is 23.7 Å². The molecule has 1 fully saturated rings. The second-order valence-electron chi connectivity index (χ2n) is 4.27. The number of nitrogen functional groups attached to an aromatic ring is 1. The summed E-state index contributed by atoms with van der Waals surface area (Å²) in [6.45, 7) is 0.854. The summed E-state index contributed by atoms with van der Waals surface area (Å²) in [5.41, 5.74) is 5.34. The van der Waals surface area contributed by atoms with Crippen LogP contribution in [0.2, 0.25) is 0 Å². The number of alkyl halides is 2. The van der Waals surface area contributed by atoms with Gasteiger partial charge in [-0.05, 0) is 12.8 Å². The molecule has 1 aliphatic carbocycles. The van der Waals surface area contributed by atoms with E-state index in [2.05, 4.69) is 5.10 Å². The summed E-state index contributed by atoms with van der Waals surface area (Å²) in [6, 6.07) is 1.21. The molecule has 6 heteroatoms. The molecule has 90 valence electrons. The molecule has 0 bridgehead atoms.